The number of benzene rings is 2. The van der Waals surface area contributed by atoms with E-state index in [-0.39, 0.29) is 0 Å². The Morgan fingerprint density at radius 1 is 0.633 bits per heavy atom. The van der Waals surface area contributed by atoms with Crippen LogP contribution in [0.2, 0.25) is 0 Å². The molecular weight excluding hydrogens is 364 g/mol. The zero-order valence-corrected chi connectivity index (χ0v) is 17.8. The molecule has 0 atom stereocenters. The summed E-state index contributed by atoms with van der Waals surface area (Å²) in [6.45, 7) is 4.75. The molecule has 2 heteroatoms. The molecule has 2 saturated heterocycles. The lowest BCUT2D eigenvalue weighted by Gasteiger charge is -2.19. The molecule has 1 aliphatic carbocycles. The summed E-state index contributed by atoms with van der Waals surface area (Å²) in [5.41, 5.74) is 7.87. The third-order valence-electron chi connectivity index (χ3n) is 6.57. The summed E-state index contributed by atoms with van der Waals surface area (Å²) in [5.74, 6) is 0. The van der Waals surface area contributed by atoms with E-state index in [0.29, 0.717) is 0 Å². The van der Waals surface area contributed by atoms with Crippen LogP contribution < -0.4 is 4.90 Å². The molecule has 2 heterocycles. The van der Waals surface area contributed by atoms with Gasteiger partial charge in [-0.1, -0.05) is 42.5 Å². The maximum absolute atomic E-state index is 2.53. The highest BCUT2D eigenvalue weighted by molar-refractivity contribution is 6.04. The van der Waals surface area contributed by atoms with E-state index < -0.39 is 0 Å². The average Bonchev–Trinajstić information content (AvgIpc) is 3.37. The summed E-state index contributed by atoms with van der Waals surface area (Å²) in [4.78, 5) is 2.50. The standard InChI is InChI=1S/C28H31N2/c1-3-9-23(10-4-1)28(25-13-17-27(18-14-25)30-21-7-8-22-30)24-11-15-26(16-12-24)29-19-5-2-6-20-29/h1,3-4,9-18H,2,5-8,19-22H2/q+1. The summed E-state index contributed by atoms with van der Waals surface area (Å²) >= 11 is 0. The molecule has 2 fully saturated rings. The Bertz CT molecular complexity index is 974. The molecule has 0 unspecified atom stereocenters. The smallest absolute Gasteiger partial charge is 0.199 e. The molecule has 2 aromatic carbocycles. The van der Waals surface area contributed by atoms with Crippen LogP contribution in [0, 0.1) is 0 Å². The fourth-order valence-corrected chi connectivity index (χ4v) is 4.91. The highest BCUT2D eigenvalue weighted by Gasteiger charge is 2.18. The molecule has 0 radical (unpaired) electrons. The van der Waals surface area contributed by atoms with E-state index in [2.05, 4.69) is 88.4 Å². The van der Waals surface area contributed by atoms with E-state index >= 15 is 0 Å². The minimum absolute atomic E-state index is 1.19. The summed E-state index contributed by atoms with van der Waals surface area (Å²) in [7, 11) is 0. The lowest BCUT2D eigenvalue weighted by atomic mass is 9.90. The highest BCUT2D eigenvalue weighted by atomic mass is 15.1. The number of piperidine rings is 1. The van der Waals surface area contributed by atoms with Gasteiger partial charge in [-0.15, -0.1) is 0 Å². The van der Waals surface area contributed by atoms with E-state index in [1.807, 2.05) is 0 Å². The van der Waals surface area contributed by atoms with Gasteiger partial charge < -0.3 is 4.90 Å². The lowest BCUT2D eigenvalue weighted by molar-refractivity contribution is -0.535. The maximum atomic E-state index is 2.53. The number of nitrogens with zero attached hydrogens (tertiary/aromatic N) is 2. The molecule has 3 aliphatic rings. The Balaban J connectivity index is 1.51. The SMILES string of the molecule is C1=CC(=[N+]2CCCCC2)C=CC1=C(c1ccccc1)c1ccc(N2CCCC2)cc1. The first-order valence-corrected chi connectivity index (χ1v) is 11.5. The third-order valence-corrected chi connectivity index (χ3v) is 6.57. The molecule has 152 valence electrons. The van der Waals surface area contributed by atoms with E-state index in [9.17, 15) is 0 Å². The van der Waals surface area contributed by atoms with Gasteiger partial charge in [-0.2, -0.15) is 0 Å². The summed E-state index contributed by atoms with van der Waals surface area (Å²) < 4.78 is 2.53. The topological polar surface area (TPSA) is 6.25 Å². The van der Waals surface area contributed by atoms with Gasteiger partial charge in [0.1, 0.15) is 13.1 Å². The third kappa shape index (κ3) is 4.05. The first-order valence-electron chi connectivity index (χ1n) is 11.5. The molecule has 5 rings (SSSR count). The van der Waals surface area contributed by atoms with Crippen molar-refractivity contribution in [2.75, 3.05) is 31.1 Å². The maximum Gasteiger partial charge on any atom is 0.199 e. The molecule has 0 N–H and O–H groups in total. The van der Waals surface area contributed by atoms with Gasteiger partial charge in [0.15, 0.2) is 5.71 Å². The van der Waals surface area contributed by atoms with Crippen molar-refractivity contribution in [3.63, 3.8) is 0 Å². The second-order valence-corrected chi connectivity index (χ2v) is 8.58. The Kier molecular flexibility index (Phi) is 5.65. The molecule has 0 spiro atoms. The summed E-state index contributed by atoms with van der Waals surface area (Å²) in [6, 6.07) is 20.0. The van der Waals surface area contributed by atoms with Crippen LogP contribution in [0.15, 0.2) is 84.5 Å². The van der Waals surface area contributed by atoms with Gasteiger partial charge >= 0.3 is 0 Å². The number of hydrogen-bond acceptors (Lipinski definition) is 1. The van der Waals surface area contributed by atoms with Crippen LogP contribution in [0.3, 0.4) is 0 Å². The monoisotopic (exact) mass is 395 g/mol. The second-order valence-electron chi connectivity index (χ2n) is 8.58. The van der Waals surface area contributed by atoms with Gasteiger partial charge in [-0.25, -0.2) is 4.58 Å². The molecule has 0 aromatic heterocycles. The summed E-state index contributed by atoms with van der Waals surface area (Å²) in [5, 5.41) is 0. The van der Waals surface area contributed by atoms with Gasteiger partial charge in [-0.05, 0) is 65.8 Å². The van der Waals surface area contributed by atoms with Gasteiger partial charge in [0.05, 0.1) is 0 Å². The summed E-state index contributed by atoms with van der Waals surface area (Å²) in [6.07, 6.45) is 15.8. The van der Waals surface area contributed by atoms with Gasteiger partial charge in [0.2, 0.25) is 0 Å². The Morgan fingerprint density at radius 2 is 1.27 bits per heavy atom. The largest absolute Gasteiger partial charge is 0.372 e. The normalized spacial score (nSPS) is 18.9. The number of hydrogen-bond donors (Lipinski definition) is 0. The number of allylic oxidation sites excluding steroid dienone is 5. The van der Waals surface area contributed by atoms with Crippen LogP contribution in [0.1, 0.15) is 43.2 Å². The lowest BCUT2D eigenvalue weighted by Crippen LogP contribution is -2.25. The van der Waals surface area contributed by atoms with Crippen molar-refractivity contribution < 1.29 is 4.58 Å². The van der Waals surface area contributed by atoms with Crippen molar-refractivity contribution in [2.45, 2.75) is 32.1 Å². The molecule has 0 amide bonds. The van der Waals surface area contributed by atoms with Crippen LogP contribution >= 0.6 is 0 Å². The van der Waals surface area contributed by atoms with Crippen LogP contribution in [-0.2, 0) is 0 Å². The van der Waals surface area contributed by atoms with E-state index in [1.54, 1.807) is 0 Å². The van der Waals surface area contributed by atoms with Crippen LogP contribution in [0.25, 0.3) is 5.57 Å². The van der Waals surface area contributed by atoms with Crippen molar-refractivity contribution in [2.24, 2.45) is 0 Å². The van der Waals surface area contributed by atoms with Crippen molar-refractivity contribution in [1.82, 2.24) is 0 Å². The highest BCUT2D eigenvalue weighted by Crippen LogP contribution is 2.31. The zero-order chi connectivity index (χ0) is 20.2. The van der Waals surface area contributed by atoms with Crippen molar-refractivity contribution in [3.05, 3.63) is 95.6 Å². The van der Waals surface area contributed by atoms with Gasteiger partial charge in [0, 0.05) is 43.8 Å². The Hall–Kier alpha value is -2.87. The molecule has 0 saturated carbocycles. The zero-order valence-electron chi connectivity index (χ0n) is 17.8. The van der Waals surface area contributed by atoms with Crippen LogP contribution in [-0.4, -0.2) is 36.5 Å². The molecule has 2 nitrogen and oxygen atoms in total. The van der Waals surface area contributed by atoms with Gasteiger partial charge in [-0.3, -0.25) is 0 Å². The van der Waals surface area contributed by atoms with Crippen molar-refractivity contribution in [1.29, 1.82) is 0 Å². The van der Waals surface area contributed by atoms with E-state index in [1.165, 1.54) is 92.0 Å². The fourth-order valence-electron chi connectivity index (χ4n) is 4.91. The minimum Gasteiger partial charge on any atom is -0.372 e. The Labute approximate surface area is 180 Å². The molecule has 0 bridgehead atoms. The Morgan fingerprint density at radius 3 is 1.93 bits per heavy atom. The van der Waals surface area contributed by atoms with Crippen LogP contribution in [0.5, 0.6) is 0 Å². The first-order chi connectivity index (χ1) is 14.9. The molecular formula is C28H31N2+. The predicted molar refractivity (Wildman–Crippen MR) is 127 cm³/mol. The molecule has 2 aromatic rings. The average molecular weight is 396 g/mol. The van der Waals surface area contributed by atoms with Gasteiger partial charge in [0.25, 0.3) is 0 Å². The van der Waals surface area contributed by atoms with E-state index in [0.717, 1.165) is 0 Å². The van der Waals surface area contributed by atoms with Crippen LogP contribution in [0.4, 0.5) is 5.69 Å². The van der Waals surface area contributed by atoms with Crippen molar-refractivity contribution in [3.8, 4) is 0 Å². The quantitative estimate of drug-likeness (QED) is 0.591. The first kappa shape index (κ1) is 19.1. The molecule has 30 heavy (non-hydrogen) atoms. The number of anilines is 1. The minimum atomic E-state index is 1.19. The van der Waals surface area contributed by atoms with Crippen molar-refractivity contribution >= 4 is 17.0 Å². The fraction of sp³-hybridized carbons (Fsp3) is 0.321. The van der Waals surface area contributed by atoms with E-state index in [4.69, 9.17) is 0 Å². The predicted octanol–water partition coefficient (Wildman–Crippen LogP) is 5.85. The second kappa shape index (κ2) is 8.87. The molecule has 2 aliphatic heterocycles. The number of rotatable bonds is 3.